The monoisotopic (exact) mass is 750 g/mol. The fourth-order valence-corrected chi connectivity index (χ4v) is 7.63. The number of allylic oxidation sites excluding steroid dienone is 2. The van der Waals surface area contributed by atoms with Gasteiger partial charge in [-0.3, -0.25) is 4.79 Å². The fourth-order valence-electron chi connectivity index (χ4n) is 7.63. The third kappa shape index (κ3) is 39.1. The van der Waals surface area contributed by atoms with Crippen molar-refractivity contribution in [1.29, 1.82) is 0 Å². The van der Waals surface area contributed by atoms with Gasteiger partial charge in [-0.15, -0.1) is 0 Å². The smallest absolute Gasteiger partial charge is 0.220 e. The lowest BCUT2D eigenvalue weighted by atomic mass is 9.99. The summed E-state index contributed by atoms with van der Waals surface area (Å²) in [5, 5.41) is 33.5. The van der Waals surface area contributed by atoms with Crippen LogP contribution in [0.5, 0.6) is 0 Å². The Morgan fingerprint density at radius 1 is 0.453 bits per heavy atom. The van der Waals surface area contributed by atoms with Crippen LogP contribution in [0, 0.1) is 0 Å². The van der Waals surface area contributed by atoms with E-state index in [1.807, 2.05) is 0 Å². The predicted molar refractivity (Wildman–Crippen MR) is 232 cm³/mol. The molecule has 0 aromatic rings. The average Bonchev–Trinajstić information content (AvgIpc) is 3.16. The van der Waals surface area contributed by atoms with Crippen molar-refractivity contribution < 1.29 is 20.1 Å². The maximum absolute atomic E-state index is 12.4. The van der Waals surface area contributed by atoms with E-state index in [1.54, 1.807) is 0 Å². The minimum absolute atomic E-state index is 0.143. The molecule has 316 valence electrons. The van der Waals surface area contributed by atoms with Crippen LogP contribution in [0.2, 0.25) is 0 Å². The first-order chi connectivity index (χ1) is 26.1. The first-order valence-corrected chi connectivity index (χ1v) is 24.0. The van der Waals surface area contributed by atoms with Gasteiger partial charge in [0.15, 0.2) is 0 Å². The van der Waals surface area contributed by atoms with Crippen LogP contribution in [0.1, 0.15) is 264 Å². The Balaban J connectivity index is 3.50. The number of rotatable bonds is 44. The molecule has 4 N–H and O–H groups in total. The lowest BCUT2D eigenvalue weighted by Crippen LogP contribution is -2.50. The first kappa shape index (κ1) is 52.1. The third-order valence-electron chi connectivity index (χ3n) is 11.4. The zero-order valence-corrected chi connectivity index (χ0v) is 35.9. The largest absolute Gasteiger partial charge is 0.394 e. The van der Waals surface area contributed by atoms with Crippen LogP contribution in [0.25, 0.3) is 0 Å². The molecular weight excluding hydrogens is 655 g/mol. The molecule has 0 radical (unpaired) electrons. The number of carbonyl (C=O) groups is 1. The van der Waals surface area contributed by atoms with Crippen molar-refractivity contribution in [3.05, 3.63) is 12.2 Å². The predicted octanol–water partition coefficient (Wildman–Crippen LogP) is 14.0. The van der Waals surface area contributed by atoms with Gasteiger partial charge in [0.2, 0.25) is 5.91 Å². The highest BCUT2D eigenvalue weighted by Crippen LogP contribution is 2.17. The standard InChI is InChI=1S/C48H95NO4/c1-3-5-7-9-11-13-15-16-17-18-19-20-21-22-23-24-25-26-27-28-29-30-31-33-35-37-39-41-43-47(52)49-45(44-50)48(53)46(51)42-40-38-36-34-32-14-12-10-8-6-4-2/h22-23,45-46,48,50-51,53H,3-21,24-44H2,1-2H3,(H,49,52)/b23-22-. The molecule has 3 unspecified atom stereocenters. The van der Waals surface area contributed by atoms with Crippen LogP contribution in [-0.4, -0.2) is 46.1 Å². The maximum Gasteiger partial charge on any atom is 0.220 e. The zero-order chi connectivity index (χ0) is 38.7. The maximum atomic E-state index is 12.4. The highest BCUT2D eigenvalue weighted by Gasteiger charge is 2.26. The van der Waals surface area contributed by atoms with Crippen LogP contribution in [-0.2, 0) is 4.79 Å². The molecule has 0 rings (SSSR count). The molecule has 0 saturated carbocycles. The molecule has 5 nitrogen and oxygen atoms in total. The van der Waals surface area contributed by atoms with Gasteiger partial charge in [-0.2, -0.15) is 0 Å². The van der Waals surface area contributed by atoms with Crippen molar-refractivity contribution in [1.82, 2.24) is 5.32 Å². The molecule has 0 saturated heterocycles. The molecule has 5 heteroatoms. The topological polar surface area (TPSA) is 89.8 Å². The van der Waals surface area contributed by atoms with E-state index in [2.05, 4.69) is 31.3 Å². The number of aliphatic hydroxyl groups is 3. The van der Waals surface area contributed by atoms with E-state index in [9.17, 15) is 20.1 Å². The van der Waals surface area contributed by atoms with Gasteiger partial charge in [-0.25, -0.2) is 0 Å². The van der Waals surface area contributed by atoms with Gasteiger partial charge in [0.25, 0.3) is 0 Å². The average molecular weight is 750 g/mol. The number of hydrogen-bond acceptors (Lipinski definition) is 4. The van der Waals surface area contributed by atoms with E-state index < -0.39 is 18.2 Å². The van der Waals surface area contributed by atoms with Crippen molar-refractivity contribution in [3.8, 4) is 0 Å². The van der Waals surface area contributed by atoms with E-state index in [1.165, 1.54) is 199 Å². The first-order valence-electron chi connectivity index (χ1n) is 24.0. The number of amides is 1. The third-order valence-corrected chi connectivity index (χ3v) is 11.4. The summed E-state index contributed by atoms with van der Waals surface area (Å²) in [5.74, 6) is -0.143. The summed E-state index contributed by atoms with van der Waals surface area (Å²) in [6, 6.07) is -0.805. The normalized spacial score (nSPS) is 13.5. The molecule has 53 heavy (non-hydrogen) atoms. The Hall–Kier alpha value is -0.910. The van der Waals surface area contributed by atoms with Gasteiger partial charge in [-0.05, 0) is 38.5 Å². The molecule has 0 aliphatic carbocycles. The van der Waals surface area contributed by atoms with E-state index in [0.29, 0.717) is 12.8 Å². The van der Waals surface area contributed by atoms with Crippen LogP contribution >= 0.6 is 0 Å². The molecular formula is C48H95NO4. The Bertz CT molecular complexity index is 743. The molecule has 1 amide bonds. The minimum Gasteiger partial charge on any atom is -0.394 e. The Morgan fingerprint density at radius 2 is 0.755 bits per heavy atom. The number of aliphatic hydroxyl groups excluding tert-OH is 3. The van der Waals surface area contributed by atoms with Gasteiger partial charge in [0.05, 0.1) is 18.8 Å². The van der Waals surface area contributed by atoms with Crippen molar-refractivity contribution in [2.45, 2.75) is 283 Å². The lowest BCUT2D eigenvalue weighted by Gasteiger charge is -2.26. The number of nitrogens with one attached hydrogen (secondary N) is 1. The number of unbranched alkanes of at least 4 members (excludes halogenated alkanes) is 34. The van der Waals surface area contributed by atoms with Crippen LogP contribution < -0.4 is 5.32 Å². The molecule has 3 atom stereocenters. The minimum atomic E-state index is -1.13. The summed E-state index contributed by atoms with van der Waals surface area (Å²) in [4.78, 5) is 12.4. The molecule has 0 spiro atoms. The fraction of sp³-hybridized carbons (Fsp3) is 0.938. The Labute approximate surface area is 331 Å². The van der Waals surface area contributed by atoms with Gasteiger partial charge in [0.1, 0.15) is 6.10 Å². The van der Waals surface area contributed by atoms with Crippen LogP contribution in [0.15, 0.2) is 12.2 Å². The van der Waals surface area contributed by atoms with Crippen molar-refractivity contribution in [2.24, 2.45) is 0 Å². The van der Waals surface area contributed by atoms with Crippen LogP contribution in [0.3, 0.4) is 0 Å². The quantitative estimate of drug-likeness (QED) is 0.0369. The van der Waals surface area contributed by atoms with E-state index >= 15 is 0 Å². The highest BCUT2D eigenvalue weighted by atomic mass is 16.3. The lowest BCUT2D eigenvalue weighted by molar-refractivity contribution is -0.124. The summed E-state index contributed by atoms with van der Waals surface area (Å²) >= 11 is 0. The van der Waals surface area contributed by atoms with E-state index in [4.69, 9.17) is 0 Å². The number of carbonyl (C=O) groups excluding carboxylic acids is 1. The van der Waals surface area contributed by atoms with Gasteiger partial charge < -0.3 is 20.6 Å². The van der Waals surface area contributed by atoms with E-state index in [-0.39, 0.29) is 12.5 Å². The molecule has 0 bridgehead atoms. The molecule has 0 heterocycles. The number of hydrogen-bond donors (Lipinski definition) is 4. The molecule has 0 aromatic heterocycles. The van der Waals surface area contributed by atoms with Crippen LogP contribution in [0.4, 0.5) is 0 Å². The van der Waals surface area contributed by atoms with Crippen molar-refractivity contribution >= 4 is 5.91 Å². The van der Waals surface area contributed by atoms with E-state index in [0.717, 1.165) is 38.5 Å². The van der Waals surface area contributed by atoms with Gasteiger partial charge in [-0.1, -0.05) is 231 Å². The second-order valence-corrected chi connectivity index (χ2v) is 16.7. The zero-order valence-electron chi connectivity index (χ0n) is 35.9. The second-order valence-electron chi connectivity index (χ2n) is 16.7. The molecule has 0 aliphatic heterocycles. The highest BCUT2D eigenvalue weighted by molar-refractivity contribution is 5.76. The van der Waals surface area contributed by atoms with Gasteiger partial charge in [0, 0.05) is 6.42 Å². The summed E-state index contributed by atoms with van der Waals surface area (Å²) in [6.45, 7) is 4.18. The molecule has 0 aromatic carbocycles. The summed E-state index contributed by atoms with van der Waals surface area (Å²) in [6.07, 6.45) is 52.0. The van der Waals surface area contributed by atoms with Gasteiger partial charge >= 0.3 is 0 Å². The summed E-state index contributed by atoms with van der Waals surface area (Å²) in [5.41, 5.74) is 0. The summed E-state index contributed by atoms with van der Waals surface area (Å²) in [7, 11) is 0. The summed E-state index contributed by atoms with van der Waals surface area (Å²) < 4.78 is 0. The molecule has 0 aliphatic rings. The second kappa shape index (κ2) is 43.8. The SMILES string of the molecule is CCCCCCCCCCCCCC/C=C\CCCCCCCCCCCCCCC(=O)NC(CO)C(O)C(O)CCCCCCCCCCCCC. The Morgan fingerprint density at radius 3 is 1.09 bits per heavy atom. The molecule has 0 fully saturated rings. The van der Waals surface area contributed by atoms with Crippen molar-refractivity contribution in [3.63, 3.8) is 0 Å². The Kier molecular flexibility index (Phi) is 43.1. The van der Waals surface area contributed by atoms with Crippen molar-refractivity contribution in [2.75, 3.05) is 6.61 Å².